The van der Waals surface area contributed by atoms with E-state index in [4.69, 9.17) is 0 Å². The average Bonchev–Trinajstić information content (AvgIpc) is 2.76. The lowest BCUT2D eigenvalue weighted by Gasteiger charge is -2.30. The van der Waals surface area contributed by atoms with Crippen molar-refractivity contribution in [1.29, 1.82) is 0 Å². The van der Waals surface area contributed by atoms with Gasteiger partial charge >= 0.3 is 0 Å². The van der Waals surface area contributed by atoms with E-state index in [-0.39, 0.29) is 17.9 Å². The first-order chi connectivity index (χ1) is 8.36. The van der Waals surface area contributed by atoms with Crippen molar-refractivity contribution >= 4 is 12.1 Å². The fourth-order valence-corrected chi connectivity index (χ4v) is 2.42. The van der Waals surface area contributed by atoms with Gasteiger partial charge in [-0.15, -0.1) is 0 Å². The van der Waals surface area contributed by atoms with Crippen LogP contribution in [-0.2, 0) is 4.79 Å². The molecule has 1 amide bonds. The Bertz CT molecular complexity index is 437. The molecule has 2 aliphatic rings. The van der Waals surface area contributed by atoms with Crippen molar-refractivity contribution in [3.05, 3.63) is 35.9 Å². The Hall–Kier alpha value is -1.64. The summed E-state index contributed by atoms with van der Waals surface area (Å²) < 4.78 is 0. The van der Waals surface area contributed by atoms with Crippen LogP contribution < -0.4 is 0 Å². The monoisotopic (exact) mass is 228 g/mol. The van der Waals surface area contributed by atoms with Crippen molar-refractivity contribution in [2.45, 2.75) is 31.7 Å². The van der Waals surface area contributed by atoms with Crippen molar-refractivity contribution in [1.82, 2.24) is 5.01 Å². The smallest absolute Gasteiger partial charge is 0.246 e. The molecule has 1 aromatic rings. The maximum Gasteiger partial charge on any atom is 0.246 e. The van der Waals surface area contributed by atoms with Gasteiger partial charge in [0.05, 0.1) is 6.04 Å². The Morgan fingerprint density at radius 3 is 2.65 bits per heavy atom. The summed E-state index contributed by atoms with van der Waals surface area (Å²) in [6, 6.07) is 10.3. The van der Waals surface area contributed by atoms with E-state index in [9.17, 15) is 4.79 Å². The van der Waals surface area contributed by atoms with Crippen molar-refractivity contribution in [3.63, 3.8) is 0 Å². The van der Waals surface area contributed by atoms with Gasteiger partial charge in [-0.2, -0.15) is 5.10 Å². The van der Waals surface area contributed by atoms with E-state index >= 15 is 0 Å². The molecular weight excluding hydrogens is 212 g/mol. The van der Waals surface area contributed by atoms with Gasteiger partial charge in [-0.1, -0.05) is 36.8 Å². The van der Waals surface area contributed by atoms with Crippen LogP contribution >= 0.6 is 0 Å². The predicted octanol–water partition coefficient (Wildman–Crippen LogP) is 2.75. The summed E-state index contributed by atoms with van der Waals surface area (Å²) in [6.45, 7) is 0. The van der Waals surface area contributed by atoms with E-state index < -0.39 is 0 Å². The zero-order valence-electron chi connectivity index (χ0n) is 9.75. The molecule has 1 aliphatic heterocycles. The molecular formula is C14H16N2O. The Morgan fingerprint density at radius 2 is 2.00 bits per heavy atom. The molecule has 0 N–H and O–H groups in total. The molecule has 0 radical (unpaired) electrons. The molecule has 1 aromatic carbocycles. The molecule has 1 aliphatic carbocycles. The lowest BCUT2D eigenvalue weighted by atomic mass is 9.84. The van der Waals surface area contributed by atoms with Gasteiger partial charge in [0.15, 0.2) is 0 Å². The van der Waals surface area contributed by atoms with Gasteiger partial charge in [0.2, 0.25) is 5.91 Å². The fourth-order valence-electron chi connectivity index (χ4n) is 2.42. The average molecular weight is 228 g/mol. The minimum atomic E-state index is 0.115. The fraction of sp³-hybridized carbons (Fsp3) is 0.429. The first-order valence-corrected chi connectivity index (χ1v) is 6.27. The highest BCUT2D eigenvalue weighted by atomic mass is 16.2. The molecule has 0 spiro atoms. The second-order valence-corrected chi connectivity index (χ2v) is 4.77. The minimum Gasteiger partial charge on any atom is -0.273 e. The molecule has 88 valence electrons. The Balaban J connectivity index is 1.79. The van der Waals surface area contributed by atoms with Gasteiger partial charge in [-0.3, -0.25) is 4.79 Å². The third-order valence-electron chi connectivity index (χ3n) is 3.69. The highest BCUT2D eigenvalue weighted by Gasteiger charge is 2.35. The summed E-state index contributed by atoms with van der Waals surface area (Å²) >= 11 is 0. The SMILES string of the molecule is O=C(C1CCC1)N1N=CCC1c1ccccc1. The van der Waals surface area contributed by atoms with Crippen molar-refractivity contribution < 1.29 is 4.79 Å². The highest BCUT2D eigenvalue weighted by Crippen LogP contribution is 2.34. The van der Waals surface area contributed by atoms with Gasteiger partial charge < -0.3 is 0 Å². The van der Waals surface area contributed by atoms with Gasteiger partial charge in [-0.25, -0.2) is 5.01 Å². The number of hydrogen-bond donors (Lipinski definition) is 0. The maximum absolute atomic E-state index is 12.2. The molecule has 1 heterocycles. The third-order valence-corrected chi connectivity index (χ3v) is 3.69. The topological polar surface area (TPSA) is 32.7 Å². The zero-order chi connectivity index (χ0) is 11.7. The first-order valence-electron chi connectivity index (χ1n) is 6.27. The summed E-state index contributed by atoms with van der Waals surface area (Å²) in [7, 11) is 0. The molecule has 0 saturated heterocycles. The summed E-state index contributed by atoms with van der Waals surface area (Å²) in [5, 5.41) is 5.95. The van der Waals surface area contributed by atoms with Crippen LogP contribution in [0.25, 0.3) is 0 Å². The Kier molecular flexibility index (Phi) is 2.67. The lowest BCUT2D eigenvalue weighted by molar-refractivity contribution is -0.140. The number of hydrogen-bond acceptors (Lipinski definition) is 2. The van der Waals surface area contributed by atoms with Crippen LogP contribution in [-0.4, -0.2) is 17.1 Å². The molecule has 0 bridgehead atoms. The number of rotatable bonds is 2. The summed E-state index contributed by atoms with van der Waals surface area (Å²) in [4.78, 5) is 12.2. The van der Waals surface area contributed by atoms with Crippen LogP contribution in [0.4, 0.5) is 0 Å². The van der Waals surface area contributed by atoms with E-state index in [1.165, 1.54) is 12.0 Å². The minimum absolute atomic E-state index is 0.115. The summed E-state index contributed by atoms with van der Waals surface area (Å²) in [5.41, 5.74) is 1.18. The summed E-state index contributed by atoms with van der Waals surface area (Å²) in [6.07, 6.45) is 5.94. The Morgan fingerprint density at radius 1 is 1.24 bits per heavy atom. The number of hydrazone groups is 1. The summed E-state index contributed by atoms with van der Waals surface area (Å²) in [5.74, 6) is 0.426. The molecule has 0 aromatic heterocycles. The zero-order valence-corrected chi connectivity index (χ0v) is 9.75. The maximum atomic E-state index is 12.2. The standard InChI is InChI=1S/C14H16N2O/c17-14(12-7-4-8-12)16-13(9-10-15-16)11-5-2-1-3-6-11/h1-3,5-6,10,12-13H,4,7-9H2. The van der Waals surface area contributed by atoms with E-state index in [2.05, 4.69) is 17.2 Å². The number of nitrogens with zero attached hydrogens (tertiary/aromatic N) is 2. The third kappa shape index (κ3) is 1.86. The lowest BCUT2D eigenvalue weighted by Crippen LogP contribution is -2.36. The quantitative estimate of drug-likeness (QED) is 0.766. The predicted molar refractivity (Wildman–Crippen MR) is 66.5 cm³/mol. The second kappa shape index (κ2) is 4.32. The van der Waals surface area contributed by atoms with Crippen molar-refractivity contribution in [3.8, 4) is 0 Å². The van der Waals surface area contributed by atoms with Gasteiger partial charge in [0.1, 0.15) is 0 Å². The van der Waals surface area contributed by atoms with Crippen LogP contribution in [0.1, 0.15) is 37.3 Å². The normalized spacial score (nSPS) is 23.8. The van der Waals surface area contributed by atoms with Crippen LogP contribution in [0.3, 0.4) is 0 Å². The molecule has 1 atom stereocenters. The number of carbonyl (C=O) groups excluding carboxylic acids is 1. The van der Waals surface area contributed by atoms with E-state index in [0.29, 0.717) is 0 Å². The van der Waals surface area contributed by atoms with Crippen molar-refractivity contribution in [2.75, 3.05) is 0 Å². The molecule has 1 fully saturated rings. The first kappa shape index (κ1) is 10.5. The largest absolute Gasteiger partial charge is 0.273 e. The number of amides is 1. The molecule has 3 nitrogen and oxygen atoms in total. The van der Waals surface area contributed by atoms with Gasteiger partial charge in [-0.05, 0) is 18.4 Å². The molecule has 3 rings (SSSR count). The van der Waals surface area contributed by atoms with Gasteiger partial charge in [0.25, 0.3) is 0 Å². The molecule has 17 heavy (non-hydrogen) atoms. The number of carbonyl (C=O) groups is 1. The Labute approximate surface area is 101 Å². The molecule has 1 unspecified atom stereocenters. The van der Waals surface area contributed by atoms with Crippen LogP contribution in [0, 0.1) is 5.92 Å². The van der Waals surface area contributed by atoms with Gasteiger partial charge in [0, 0.05) is 18.6 Å². The highest BCUT2D eigenvalue weighted by molar-refractivity contribution is 5.82. The van der Waals surface area contributed by atoms with Crippen LogP contribution in [0.5, 0.6) is 0 Å². The van der Waals surface area contributed by atoms with Crippen LogP contribution in [0.15, 0.2) is 35.4 Å². The van der Waals surface area contributed by atoms with Crippen molar-refractivity contribution in [2.24, 2.45) is 11.0 Å². The van der Waals surface area contributed by atoms with E-state index in [1.807, 2.05) is 24.4 Å². The molecule has 1 saturated carbocycles. The molecule has 3 heteroatoms. The number of benzene rings is 1. The second-order valence-electron chi connectivity index (χ2n) is 4.77. The van der Waals surface area contributed by atoms with E-state index in [1.54, 1.807) is 5.01 Å². The van der Waals surface area contributed by atoms with Crippen LogP contribution in [0.2, 0.25) is 0 Å². The van der Waals surface area contributed by atoms with E-state index in [0.717, 1.165) is 19.3 Å².